The number of hydrogen-bond acceptors (Lipinski definition) is 1. The highest BCUT2D eigenvalue weighted by Crippen LogP contribution is 2.20. The Morgan fingerprint density at radius 3 is 2.88 bits per heavy atom. The summed E-state index contributed by atoms with van der Waals surface area (Å²) in [7, 11) is 0. The largest absolute Gasteiger partial charge is 0.133 e. The Morgan fingerprint density at radius 1 is 1.41 bits per heavy atom. The van der Waals surface area contributed by atoms with Crippen molar-refractivity contribution in [1.82, 2.24) is 0 Å². The van der Waals surface area contributed by atoms with Gasteiger partial charge in [0.25, 0.3) is 0 Å². The van der Waals surface area contributed by atoms with Gasteiger partial charge in [0.1, 0.15) is 0 Å². The summed E-state index contributed by atoms with van der Waals surface area (Å²) < 4.78 is 0. The van der Waals surface area contributed by atoms with E-state index in [2.05, 4.69) is 60.6 Å². The quantitative estimate of drug-likeness (QED) is 0.692. The summed E-state index contributed by atoms with van der Waals surface area (Å²) in [6.45, 7) is 2.15. The summed E-state index contributed by atoms with van der Waals surface area (Å²) in [5, 5.41) is 2.14. The molecule has 0 aliphatic carbocycles. The summed E-state index contributed by atoms with van der Waals surface area (Å²) in [5.41, 5.74) is 2.37. The Morgan fingerprint density at radius 2 is 2.24 bits per heavy atom. The molecule has 0 fully saturated rings. The number of benzene rings is 1. The zero-order valence-electron chi connectivity index (χ0n) is 10.0. The Labute approximate surface area is 108 Å². The van der Waals surface area contributed by atoms with E-state index < -0.39 is 0 Å². The molecule has 0 saturated carbocycles. The molecule has 0 amide bonds. The normalized spacial score (nSPS) is 18.9. The Bertz CT molecular complexity index is 471. The molecule has 1 heteroatoms. The van der Waals surface area contributed by atoms with Crippen LogP contribution in [0.25, 0.3) is 5.57 Å². The van der Waals surface area contributed by atoms with Crippen molar-refractivity contribution in [3.8, 4) is 11.8 Å². The fourth-order valence-electron chi connectivity index (χ4n) is 1.69. The van der Waals surface area contributed by atoms with Gasteiger partial charge >= 0.3 is 0 Å². The maximum Gasteiger partial charge on any atom is 0.0488 e. The molecule has 1 aliphatic heterocycles. The summed E-state index contributed by atoms with van der Waals surface area (Å²) >= 11 is 1.84. The van der Waals surface area contributed by atoms with Crippen molar-refractivity contribution in [2.75, 3.05) is 5.75 Å². The van der Waals surface area contributed by atoms with E-state index in [4.69, 9.17) is 0 Å². The fraction of sp³-hybridized carbons (Fsp3) is 0.250. The SMILES string of the molecule is CC/C=C(/C#CC1C=CSC1)c1ccccc1. The third kappa shape index (κ3) is 3.54. The number of thioether (sulfide) groups is 1. The van der Waals surface area contributed by atoms with Gasteiger partial charge in [0.05, 0.1) is 0 Å². The van der Waals surface area contributed by atoms with Crippen LogP contribution in [-0.4, -0.2) is 5.75 Å². The first-order chi connectivity index (χ1) is 8.40. The van der Waals surface area contributed by atoms with Crippen molar-refractivity contribution in [1.29, 1.82) is 0 Å². The predicted octanol–water partition coefficient (Wildman–Crippen LogP) is 4.36. The van der Waals surface area contributed by atoms with E-state index in [-0.39, 0.29) is 0 Å². The van der Waals surface area contributed by atoms with E-state index in [9.17, 15) is 0 Å². The molecule has 1 heterocycles. The monoisotopic (exact) mass is 240 g/mol. The minimum absolute atomic E-state index is 0.420. The second-order valence-corrected chi connectivity index (χ2v) is 4.87. The van der Waals surface area contributed by atoms with E-state index in [1.807, 2.05) is 17.8 Å². The van der Waals surface area contributed by atoms with E-state index >= 15 is 0 Å². The lowest BCUT2D eigenvalue weighted by atomic mass is 10.0. The molecule has 0 radical (unpaired) electrons. The molecule has 1 aliphatic rings. The van der Waals surface area contributed by atoms with Gasteiger partial charge in [-0.25, -0.2) is 0 Å². The lowest BCUT2D eigenvalue weighted by molar-refractivity contribution is 1.02. The van der Waals surface area contributed by atoms with Crippen molar-refractivity contribution in [2.45, 2.75) is 13.3 Å². The standard InChI is InChI=1S/C16H16S/c1-2-6-15(16-7-4-3-5-8-16)10-9-14-11-12-17-13-14/h3-8,11-12,14H,2,13H2,1H3/b15-6-. The molecule has 1 aromatic rings. The zero-order chi connectivity index (χ0) is 11.9. The third-order valence-electron chi connectivity index (χ3n) is 2.57. The van der Waals surface area contributed by atoms with Crippen LogP contribution in [0.4, 0.5) is 0 Å². The van der Waals surface area contributed by atoms with Crippen LogP contribution in [0.3, 0.4) is 0 Å². The summed E-state index contributed by atoms with van der Waals surface area (Å²) in [6, 6.07) is 10.4. The second kappa shape index (κ2) is 6.37. The van der Waals surface area contributed by atoms with Crippen LogP contribution < -0.4 is 0 Å². The van der Waals surface area contributed by atoms with Crippen LogP contribution in [0.5, 0.6) is 0 Å². The summed E-state index contributed by atoms with van der Waals surface area (Å²) in [6.07, 6.45) is 5.41. The van der Waals surface area contributed by atoms with E-state index in [0.717, 1.165) is 17.7 Å². The highest BCUT2D eigenvalue weighted by molar-refractivity contribution is 8.02. The number of allylic oxidation sites excluding steroid dienone is 3. The van der Waals surface area contributed by atoms with Crippen LogP contribution in [0, 0.1) is 17.8 Å². The third-order valence-corrected chi connectivity index (χ3v) is 3.47. The molecule has 86 valence electrons. The molecular formula is C16H16S. The van der Waals surface area contributed by atoms with Gasteiger partial charge in [0.15, 0.2) is 0 Å². The van der Waals surface area contributed by atoms with Gasteiger partial charge in [0, 0.05) is 17.2 Å². The van der Waals surface area contributed by atoms with Crippen LogP contribution >= 0.6 is 11.8 Å². The maximum atomic E-state index is 3.34. The Kier molecular flexibility index (Phi) is 4.53. The molecule has 0 nitrogen and oxygen atoms in total. The topological polar surface area (TPSA) is 0 Å². The number of hydrogen-bond donors (Lipinski definition) is 0. The van der Waals surface area contributed by atoms with E-state index in [1.54, 1.807) is 0 Å². The average molecular weight is 240 g/mol. The van der Waals surface area contributed by atoms with Crippen molar-refractivity contribution >= 4 is 17.3 Å². The Hall–Kier alpha value is -1.39. The zero-order valence-corrected chi connectivity index (χ0v) is 10.8. The molecule has 0 saturated heterocycles. The van der Waals surface area contributed by atoms with Crippen LogP contribution in [0.15, 0.2) is 47.9 Å². The predicted molar refractivity (Wildman–Crippen MR) is 77.6 cm³/mol. The molecule has 1 atom stereocenters. The molecule has 17 heavy (non-hydrogen) atoms. The fourth-order valence-corrected chi connectivity index (χ4v) is 2.50. The van der Waals surface area contributed by atoms with Crippen LogP contribution in [0.2, 0.25) is 0 Å². The molecule has 1 unspecified atom stereocenters. The maximum absolute atomic E-state index is 3.34. The van der Waals surface area contributed by atoms with Crippen molar-refractivity contribution in [2.24, 2.45) is 5.92 Å². The van der Waals surface area contributed by atoms with Crippen LogP contribution in [0.1, 0.15) is 18.9 Å². The molecular weight excluding hydrogens is 224 g/mol. The van der Waals surface area contributed by atoms with Crippen LogP contribution in [-0.2, 0) is 0 Å². The van der Waals surface area contributed by atoms with Gasteiger partial charge in [-0.2, -0.15) is 0 Å². The van der Waals surface area contributed by atoms with Gasteiger partial charge in [-0.15, -0.1) is 11.8 Å². The summed E-state index contributed by atoms with van der Waals surface area (Å²) in [4.78, 5) is 0. The van der Waals surface area contributed by atoms with Crippen molar-refractivity contribution < 1.29 is 0 Å². The smallest absolute Gasteiger partial charge is 0.0488 e. The van der Waals surface area contributed by atoms with Crippen molar-refractivity contribution in [3.63, 3.8) is 0 Å². The van der Waals surface area contributed by atoms with Gasteiger partial charge in [0.2, 0.25) is 0 Å². The Balaban J connectivity index is 2.19. The molecule has 1 aromatic carbocycles. The van der Waals surface area contributed by atoms with Gasteiger partial charge in [-0.05, 0) is 17.4 Å². The molecule has 2 rings (SSSR count). The van der Waals surface area contributed by atoms with Crippen molar-refractivity contribution in [3.05, 3.63) is 53.5 Å². The van der Waals surface area contributed by atoms with Gasteiger partial charge in [-0.3, -0.25) is 0 Å². The highest BCUT2D eigenvalue weighted by Gasteiger charge is 2.05. The van der Waals surface area contributed by atoms with Gasteiger partial charge < -0.3 is 0 Å². The molecule has 0 bridgehead atoms. The first-order valence-electron chi connectivity index (χ1n) is 5.95. The van der Waals surface area contributed by atoms with E-state index in [1.165, 1.54) is 5.56 Å². The summed E-state index contributed by atoms with van der Waals surface area (Å²) in [5.74, 6) is 8.18. The first kappa shape index (κ1) is 12.1. The van der Waals surface area contributed by atoms with E-state index in [0.29, 0.717) is 5.92 Å². The second-order valence-electron chi connectivity index (χ2n) is 3.93. The molecule has 0 aromatic heterocycles. The minimum Gasteiger partial charge on any atom is -0.133 e. The molecule has 0 spiro atoms. The number of rotatable bonds is 2. The first-order valence-corrected chi connectivity index (χ1v) is 7.00. The average Bonchev–Trinajstić information content (AvgIpc) is 2.88. The highest BCUT2D eigenvalue weighted by atomic mass is 32.2. The minimum atomic E-state index is 0.420. The van der Waals surface area contributed by atoms with Gasteiger partial charge in [-0.1, -0.05) is 61.2 Å². The lowest BCUT2D eigenvalue weighted by Crippen LogP contribution is -1.90. The molecule has 0 N–H and O–H groups in total. The lowest BCUT2D eigenvalue weighted by Gasteiger charge is -2.00.